The van der Waals surface area contributed by atoms with Crippen LogP contribution in [0.15, 0.2) is 30.5 Å². The predicted octanol–water partition coefficient (Wildman–Crippen LogP) is 4.01. The van der Waals surface area contributed by atoms with E-state index in [9.17, 15) is 4.79 Å². The van der Waals surface area contributed by atoms with Gasteiger partial charge in [0.15, 0.2) is 12.3 Å². The summed E-state index contributed by atoms with van der Waals surface area (Å²) in [6.45, 7) is 5.12. The Morgan fingerprint density at radius 2 is 1.76 bits per heavy atom. The van der Waals surface area contributed by atoms with Crippen LogP contribution in [0, 0.1) is 5.92 Å². The minimum Gasteiger partial charge on any atom is -0.484 e. The highest BCUT2D eigenvalue weighted by atomic mass is 35.5. The molecule has 1 aromatic carbocycles. The van der Waals surface area contributed by atoms with Crippen LogP contribution < -0.4 is 15.4 Å². The summed E-state index contributed by atoms with van der Waals surface area (Å²) in [5, 5.41) is 7.17. The number of rotatable bonds is 9. The van der Waals surface area contributed by atoms with Crippen molar-refractivity contribution in [2.45, 2.75) is 38.1 Å². The summed E-state index contributed by atoms with van der Waals surface area (Å²) < 4.78 is 5.71. The lowest BCUT2D eigenvalue weighted by atomic mass is 9.94. The monoisotopic (exact) mass is 539 g/mol. The maximum absolute atomic E-state index is 12.2. The summed E-state index contributed by atoms with van der Waals surface area (Å²) in [5.41, 5.74) is 3.16. The molecule has 3 aromatic rings. The van der Waals surface area contributed by atoms with Gasteiger partial charge in [0, 0.05) is 18.2 Å². The number of anilines is 1. The second kappa shape index (κ2) is 12.3. The van der Waals surface area contributed by atoms with Gasteiger partial charge in [0.05, 0.1) is 16.9 Å². The fourth-order valence-corrected chi connectivity index (χ4v) is 5.43. The zero-order valence-corrected chi connectivity index (χ0v) is 23.1. The van der Waals surface area contributed by atoms with Crippen molar-refractivity contribution in [3.05, 3.63) is 35.5 Å². The van der Waals surface area contributed by atoms with Gasteiger partial charge in [-0.2, -0.15) is 0 Å². The first kappa shape index (κ1) is 26.7. The fraction of sp³-hybridized carbons (Fsp3) is 0.536. The molecule has 2 aromatic heterocycles. The maximum Gasteiger partial charge on any atom is 0.257 e. The van der Waals surface area contributed by atoms with Crippen LogP contribution in [0.25, 0.3) is 22.6 Å². The van der Waals surface area contributed by atoms with Gasteiger partial charge in [0.25, 0.3) is 5.91 Å². The van der Waals surface area contributed by atoms with Gasteiger partial charge in [0.2, 0.25) is 0 Å². The molecule has 5 rings (SSSR count). The second-order valence-corrected chi connectivity index (χ2v) is 11.1. The number of H-pyrrole nitrogens is 1. The van der Waals surface area contributed by atoms with Crippen LogP contribution in [0.2, 0.25) is 5.02 Å². The van der Waals surface area contributed by atoms with Crippen LogP contribution in [-0.4, -0.2) is 90.1 Å². The first-order valence-electron chi connectivity index (χ1n) is 13.6. The summed E-state index contributed by atoms with van der Waals surface area (Å²) >= 11 is 6.52. The van der Waals surface area contributed by atoms with Crippen molar-refractivity contribution in [1.82, 2.24) is 30.1 Å². The van der Waals surface area contributed by atoms with Gasteiger partial charge in [-0.1, -0.05) is 11.6 Å². The van der Waals surface area contributed by atoms with E-state index in [1.165, 1.54) is 12.8 Å². The minimum atomic E-state index is -0.0909. The van der Waals surface area contributed by atoms with Crippen LogP contribution in [0.4, 0.5) is 5.69 Å². The predicted molar refractivity (Wildman–Crippen MR) is 152 cm³/mol. The molecule has 2 aliphatic rings. The number of carbonyl (C=O) groups is 1. The van der Waals surface area contributed by atoms with Gasteiger partial charge in [0.1, 0.15) is 17.1 Å². The Bertz CT molecular complexity index is 1220. The molecule has 2 saturated heterocycles. The molecular weight excluding hydrogens is 502 g/mol. The third kappa shape index (κ3) is 6.76. The van der Waals surface area contributed by atoms with Gasteiger partial charge in [-0.3, -0.25) is 4.79 Å². The van der Waals surface area contributed by atoms with E-state index >= 15 is 0 Å². The summed E-state index contributed by atoms with van der Waals surface area (Å²) in [4.78, 5) is 29.5. The van der Waals surface area contributed by atoms with Crippen LogP contribution in [0.1, 0.15) is 32.1 Å². The Balaban J connectivity index is 1.15. The molecule has 204 valence electrons. The van der Waals surface area contributed by atoms with E-state index in [1.807, 2.05) is 24.3 Å². The minimum absolute atomic E-state index is 0.00575. The van der Waals surface area contributed by atoms with Crippen molar-refractivity contribution >= 4 is 34.4 Å². The van der Waals surface area contributed by atoms with E-state index in [0.29, 0.717) is 40.7 Å². The average molecular weight is 540 g/mol. The number of halogens is 1. The molecule has 0 atom stereocenters. The van der Waals surface area contributed by atoms with E-state index in [4.69, 9.17) is 21.3 Å². The molecule has 0 bridgehead atoms. The lowest BCUT2D eigenvalue weighted by Crippen LogP contribution is -2.36. The summed E-state index contributed by atoms with van der Waals surface area (Å²) in [5.74, 6) is 1.96. The number of hydrogen-bond donors (Lipinski definition) is 3. The van der Waals surface area contributed by atoms with E-state index in [2.05, 4.69) is 44.5 Å². The first-order valence-corrected chi connectivity index (χ1v) is 14.0. The van der Waals surface area contributed by atoms with Crippen molar-refractivity contribution in [3.63, 3.8) is 0 Å². The van der Waals surface area contributed by atoms with Crippen LogP contribution in [0.3, 0.4) is 0 Å². The average Bonchev–Trinajstić information content (AvgIpc) is 3.36. The van der Waals surface area contributed by atoms with Crippen LogP contribution in [-0.2, 0) is 4.79 Å². The number of piperidine rings is 2. The molecule has 0 aliphatic carbocycles. The zero-order valence-electron chi connectivity index (χ0n) is 22.3. The quantitative estimate of drug-likeness (QED) is 0.378. The molecule has 1 amide bonds. The second-order valence-electron chi connectivity index (χ2n) is 10.7. The SMILES string of the molecule is CN1CCC(CCNC(=O)COc2ccc(-c3nc4c(NC5CCN(C)CC5)c(Cl)cnc4[nH]3)cc2)CC1. The van der Waals surface area contributed by atoms with Gasteiger partial charge < -0.3 is 30.2 Å². The standard InChI is InChI=1S/C28H38ClN7O2/c1-35-13-8-19(9-14-35)7-12-30-24(37)18-38-22-5-3-20(4-6-22)27-33-26-25(23(29)17-31-28(26)34-27)32-21-10-15-36(2)16-11-21/h3-6,17,19,21H,7-16,18H2,1-2H3,(H,30,37)(H2,31,32,33,34). The van der Waals surface area contributed by atoms with E-state index in [0.717, 1.165) is 62.2 Å². The number of fused-ring (bicyclic) bond motifs is 1. The molecular formula is C28H38ClN7O2. The Hall–Kier alpha value is -2.88. The third-order valence-electron chi connectivity index (χ3n) is 7.74. The molecule has 0 radical (unpaired) electrons. The number of carbonyl (C=O) groups excluding carboxylic acids is 1. The normalized spacial score (nSPS) is 18.1. The highest BCUT2D eigenvalue weighted by Crippen LogP contribution is 2.32. The maximum atomic E-state index is 12.2. The number of likely N-dealkylation sites (tertiary alicyclic amines) is 2. The highest BCUT2D eigenvalue weighted by Gasteiger charge is 2.21. The number of amides is 1. The molecule has 38 heavy (non-hydrogen) atoms. The van der Waals surface area contributed by atoms with Crippen LogP contribution in [0.5, 0.6) is 5.75 Å². The van der Waals surface area contributed by atoms with Crippen molar-refractivity contribution in [2.75, 3.05) is 58.7 Å². The molecule has 2 aliphatic heterocycles. The van der Waals surface area contributed by atoms with Crippen molar-refractivity contribution in [3.8, 4) is 17.1 Å². The number of nitrogens with one attached hydrogen (secondary N) is 3. The fourth-order valence-electron chi connectivity index (χ4n) is 5.24. The molecule has 0 saturated carbocycles. The topological polar surface area (TPSA) is 98.4 Å². The first-order chi connectivity index (χ1) is 18.4. The summed E-state index contributed by atoms with van der Waals surface area (Å²) in [6.07, 6.45) is 7.23. The van der Waals surface area contributed by atoms with Gasteiger partial charge in [-0.05, 0) is 103 Å². The van der Waals surface area contributed by atoms with E-state index in [-0.39, 0.29) is 12.5 Å². The lowest BCUT2D eigenvalue weighted by Gasteiger charge is -2.30. The summed E-state index contributed by atoms with van der Waals surface area (Å²) in [7, 11) is 4.31. The number of aromatic amines is 1. The molecule has 0 unspecified atom stereocenters. The Labute approximate surface area is 229 Å². The summed E-state index contributed by atoms with van der Waals surface area (Å²) in [6, 6.07) is 7.92. The third-order valence-corrected chi connectivity index (χ3v) is 8.03. The van der Waals surface area contributed by atoms with Crippen molar-refractivity contribution in [1.29, 1.82) is 0 Å². The number of ether oxygens (including phenoxy) is 1. The largest absolute Gasteiger partial charge is 0.484 e. The molecule has 10 heteroatoms. The molecule has 0 spiro atoms. The molecule has 9 nitrogen and oxygen atoms in total. The number of imidazole rings is 1. The zero-order chi connectivity index (χ0) is 26.5. The Morgan fingerprint density at radius 3 is 2.47 bits per heavy atom. The Morgan fingerprint density at radius 1 is 1.08 bits per heavy atom. The van der Waals surface area contributed by atoms with Crippen molar-refractivity contribution < 1.29 is 9.53 Å². The Kier molecular flexibility index (Phi) is 8.66. The number of hydrogen-bond acceptors (Lipinski definition) is 7. The smallest absolute Gasteiger partial charge is 0.257 e. The van der Waals surface area contributed by atoms with Crippen molar-refractivity contribution in [2.24, 2.45) is 5.92 Å². The number of aromatic nitrogens is 3. The van der Waals surface area contributed by atoms with E-state index < -0.39 is 0 Å². The van der Waals surface area contributed by atoms with Gasteiger partial charge in [-0.25, -0.2) is 9.97 Å². The molecule has 4 heterocycles. The van der Waals surface area contributed by atoms with Crippen LogP contribution >= 0.6 is 11.6 Å². The van der Waals surface area contributed by atoms with Gasteiger partial charge in [-0.15, -0.1) is 0 Å². The molecule has 3 N–H and O–H groups in total. The highest BCUT2D eigenvalue weighted by molar-refractivity contribution is 6.34. The molecule has 2 fully saturated rings. The number of benzene rings is 1. The van der Waals surface area contributed by atoms with E-state index in [1.54, 1.807) is 6.20 Å². The van der Waals surface area contributed by atoms with Gasteiger partial charge >= 0.3 is 0 Å². The number of pyridine rings is 1. The lowest BCUT2D eigenvalue weighted by molar-refractivity contribution is -0.123. The number of nitrogens with zero attached hydrogens (tertiary/aromatic N) is 4.